The molecule has 0 atom stereocenters. The summed E-state index contributed by atoms with van der Waals surface area (Å²) in [5.74, 6) is 0.0596. The number of ether oxygens (including phenoxy) is 1. The molecule has 0 aliphatic rings. The number of hydrogen-bond donors (Lipinski definition) is 2. The van der Waals surface area contributed by atoms with Crippen LogP contribution in [0.4, 0.5) is 5.69 Å². The van der Waals surface area contributed by atoms with Gasteiger partial charge in [0.15, 0.2) is 11.8 Å². The maximum absolute atomic E-state index is 12.2. The number of carbonyl (C=O) groups excluding carboxylic acids is 2. The van der Waals surface area contributed by atoms with E-state index < -0.39 is 0 Å². The van der Waals surface area contributed by atoms with Gasteiger partial charge in [-0.3, -0.25) is 9.59 Å². The Morgan fingerprint density at radius 2 is 1.70 bits per heavy atom. The first kappa shape index (κ1) is 23.9. The molecule has 0 fully saturated rings. The second-order valence-corrected chi connectivity index (χ2v) is 8.20. The van der Waals surface area contributed by atoms with Gasteiger partial charge in [-0.25, -0.2) is 15.4 Å². The Labute approximate surface area is 196 Å². The average molecular weight is 464 g/mol. The zero-order valence-corrected chi connectivity index (χ0v) is 19.5. The van der Waals surface area contributed by atoms with Crippen molar-refractivity contribution in [3.8, 4) is 5.75 Å². The first-order valence-corrected chi connectivity index (χ1v) is 11.2. The Bertz CT molecular complexity index is 1130. The summed E-state index contributed by atoms with van der Waals surface area (Å²) in [6, 6.07) is 16.5. The minimum Gasteiger partial charge on any atom is -0.483 e. The third-order valence-electron chi connectivity index (χ3n) is 4.30. The molecule has 2 N–H and O–H groups in total. The fourth-order valence-electron chi connectivity index (χ4n) is 2.79. The summed E-state index contributed by atoms with van der Waals surface area (Å²) >= 11 is 1.24. The average Bonchev–Trinajstić information content (AvgIpc) is 2.78. The van der Waals surface area contributed by atoms with Crippen molar-refractivity contribution < 1.29 is 14.3 Å². The number of benzene rings is 2. The topological polar surface area (TPSA) is 106 Å². The zero-order chi connectivity index (χ0) is 23.6. The Morgan fingerprint density at radius 1 is 1.00 bits per heavy atom. The van der Waals surface area contributed by atoms with Crippen molar-refractivity contribution in [1.82, 2.24) is 15.4 Å². The number of para-hydroxylation sites is 1. The van der Waals surface area contributed by atoms with Crippen LogP contribution >= 0.6 is 11.8 Å². The quantitative estimate of drug-likeness (QED) is 0.217. The first-order valence-electron chi connectivity index (χ1n) is 10.2. The van der Waals surface area contributed by atoms with Crippen LogP contribution in [0.3, 0.4) is 0 Å². The third-order valence-corrected chi connectivity index (χ3v) is 5.15. The van der Waals surface area contributed by atoms with E-state index in [0.717, 1.165) is 17.0 Å². The summed E-state index contributed by atoms with van der Waals surface area (Å²) in [6.45, 7) is 5.59. The van der Waals surface area contributed by atoms with Crippen LogP contribution in [-0.2, 0) is 9.59 Å². The molecular weight excluding hydrogens is 438 g/mol. The van der Waals surface area contributed by atoms with E-state index in [-0.39, 0.29) is 24.2 Å². The number of amides is 2. The lowest BCUT2D eigenvalue weighted by Crippen LogP contribution is -2.21. The molecule has 0 radical (unpaired) electrons. The molecular formula is C24H25N5O3S. The highest BCUT2D eigenvalue weighted by Gasteiger charge is 2.08. The maximum atomic E-state index is 12.2. The molecule has 1 heterocycles. The Morgan fingerprint density at radius 3 is 2.42 bits per heavy atom. The fraction of sp³-hybridized carbons (Fsp3) is 0.208. The number of nitrogens with one attached hydrogen (secondary N) is 2. The normalized spacial score (nSPS) is 10.8. The van der Waals surface area contributed by atoms with E-state index >= 15 is 0 Å². The molecule has 0 saturated heterocycles. The van der Waals surface area contributed by atoms with Crippen LogP contribution in [0.25, 0.3) is 0 Å². The monoisotopic (exact) mass is 463 g/mol. The summed E-state index contributed by atoms with van der Waals surface area (Å²) < 4.78 is 5.64. The van der Waals surface area contributed by atoms with E-state index in [2.05, 4.69) is 25.8 Å². The summed E-state index contributed by atoms with van der Waals surface area (Å²) in [7, 11) is 0. The van der Waals surface area contributed by atoms with Gasteiger partial charge in [0.1, 0.15) is 5.75 Å². The van der Waals surface area contributed by atoms with E-state index in [1.54, 1.807) is 18.2 Å². The number of aromatic nitrogens is 2. The Balaban J connectivity index is 1.49. The minimum atomic E-state index is -0.283. The van der Waals surface area contributed by atoms with Crippen LogP contribution in [0.1, 0.15) is 22.5 Å². The fourth-order valence-corrected chi connectivity index (χ4v) is 3.53. The zero-order valence-electron chi connectivity index (χ0n) is 18.7. The van der Waals surface area contributed by atoms with Gasteiger partial charge in [0.05, 0.1) is 12.0 Å². The smallest absolute Gasteiger partial charge is 0.262 e. The standard InChI is InChI=1S/C24H25N5O3S/c1-16-8-10-20(11-9-16)28-22(30)14-32-21-7-5-4-6-19(21)13-25-29-23(31)15-33-24-26-17(2)12-18(3)27-24/h4-13H,14-15H2,1-3H3,(H,28,30)(H,29,31)/b25-13-. The molecule has 3 aromatic rings. The van der Waals surface area contributed by atoms with Gasteiger partial charge in [-0.2, -0.15) is 5.10 Å². The molecule has 3 rings (SSSR count). The van der Waals surface area contributed by atoms with E-state index in [9.17, 15) is 9.59 Å². The lowest BCUT2D eigenvalue weighted by molar-refractivity contribution is -0.119. The number of hydrogen-bond acceptors (Lipinski definition) is 7. The van der Waals surface area contributed by atoms with E-state index in [1.807, 2.05) is 57.2 Å². The van der Waals surface area contributed by atoms with Gasteiger partial charge in [-0.15, -0.1) is 0 Å². The van der Waals surface area contributed by atoms with Crippen molar-refractivity contribution in [2.24, 2.45) is 5.10 Å². The van der Waals surface area contributed by atoms with E-state index in [1.165, 1.54) is 18.0 Å². The number of thioether (sulfide) groups is 1. The molecule has 0 bridgehead atoms. The number of carbonyl (C=O) groups is 2. The lowest BCUT2D eigenvalue weighted by Gasteiger charge is -2.09. The molecule has 9 heteroatoms. The molecule has 2 amide bonds. The number of rotatable bonds is 9. The van der Waals surface area contributed by atoms with Crippen molar-refractivity contribution in [2.75, 3.05) is 17.7 Å². The molecule has 0 aliphatic heterocycles. The highest BCUT2D eigenvalue weighted by Crippen LogP contribution is 2.16. The van der Waals surface area contributed by atoms with Gasteiger partial charge in [-0.1, -0.05) is 41.6 Å². The Hall–Kier alpha value is -3.72. The highest BCUT2D eigenvalue weighted by molar-refractivity contribution is 7.99. The number of anilines is 1. The molecule has 8 nitrogen and oxygen atoms in total. The molecule has 0 spiro atoms. The van der Waals surface area contributed by atoms with Gasteiger partial charge in [0.25, 0.3) is 11.8 Å². The maximum Gasteiger partial charge on any atom is 0.262 e. The Kier molecular flexibility index (Phi) is 8.54. The van der Waals surface area contributed by atoms with Crippen molar-refractivity contribution in [2.45, 2.75) is 25.9 Å². The van der Waals surface area contributed by atoms with Gasteiger partial charge in [0.2, 0.25) is 0 Å². The molecule has 170 valence electrons. The SMILES string of the molecule is Cc1ccc(NC(=O)COc2ccccc2/C=N\NC(=O)CSc2nc(C)cc(C)n2)cc1. The van der Waals surface area contributed by atoms with Crippen molar-refractivity contribution in [1.29, 1.82) is 0 Å². The van der Waals surface area contributed by atoms with Crippen LogP contribution in [0.5, 0.6) is 5.75 Å². The van der Waals surface area contributed by atoms with Crippen LogP contribution in [0, 0.1) is 20.8 Å². The highest BCUT2D eigenvalue weighted by atomic mass is 32.2. The van der Waals surface area contributed by atoms with Crippen molar-refractivity contribution >= 4 is 35.5 Å². The summed E-state index contributed by atoms with van der Waals surface area (Å²) in [5.41, 5.74) is 6.64. The third kappa shape index (κ3) is 8.04. The first-order chi connectivity index (χ1) is 15.9. The number of hydrazone groups is 1. The molecule has 0 saturated carbocycles. The molecule has 2 aromatic carbocycles. The van der Waals surface area contributed by atoms with Crippen LogP contribution in [0.15, 0.2) is 64.9 Å². The van der Waals surface area contributed by atoms with Crippen molar-refractivity contribution in [3.05, 3.63) is 77.1 Å². The summed E-state index contributed by atoms with van der Waals surface area (Å²) in [5, 5.41) is 7.33. The van der Waals surface area contributed by atoms with Gasteiger partial charge in [0, 0.05) is 22.6 Å². The second kappa shape index (κ2) is 11.8. The molecule has 33 heavy (non-hydrogen) atoms. The summed E-state index contributed by atoms with van der Waals surface area (Å²) in [4.78, 5) is 32.9. The van der Waals surface area contributed by atoms with Gasteiger partial charge < -0.3 is 10.1 Å². The van der Waals surface area contributed by atoms with Crippen molar-refractivity contribution in [3.63, 3.8) is 0 Å². The van der Waals surface area contributed by atoms with Crippen LogP contribution in [-0.4, -0.2) is 40.4 Å². The van der Waals surface area contributed by atoms with Gasteiger partial charge in [-0.05, 0) is 51.1 Å². The summed E-state index contributed by atoms with van der Waals surface area (Å²) in [6.07, 6.45) is 1.48. The largest absolute Gasteiger partial charge is 0.483 e. The van der Waals surface area contributed by atoms with Crippen LogP contribution in [0.2, 0.25) is 0 Å². The number of aryl methyl sites for hydroxylation is 3. The van der Waals surface area contributed by atoms with Gasteiger partial charge >= 0.3 is 0 Å². The molecule has 0 unspecified atom stereocenters. The van der Waals surface area contributed by atoms with E-state index in [0.29, 0.717) is 22.2 Å². The number of nitrogens with zero attached hydrogens (tertiary/aromatic N) is 3. The second-order valence-electron chi connectivity index (χ2n) is 7.26. The molecule has 1 aromatic heterocycles. The van der Waals surface area contributed by atoms with Crippen LogP contribution < -0.4 is 15.5 Å². The minimum absolute atomic E-state index is 0.136. The predicted octanol–water partition coefficient (Wildman–Crippen LogP) is 3.66. The van der Waals surface area contributed by atoms with E-state index in [4.69, 9.17) is 4.74 Å². The predicted molar refractivity (Wildman–Crippen MR) is 130 cm³/mol. The molecule has 0 aliphatic carbocycles. The lowest BCUT2D eigenvalue weighted by atomic mass is 10.2.